The molecule has 2 aromatic carbocycles. The Hall–Kier alpha value is -2.29. The fraction of sp³-hybridized carbons (Fsp3) is 0.278. The molecule has 21 heavy (non-hydrogen) atoms. The standard InChI is InChI=1S/C18H23N3/c1-3-13-20-18(19-4-2)21-14-12-16-10-7-9-15-8-5-6-11-17(15)16/h3,5-11H,1,4,12-14H2,2H3,(H2,19,20,21). The van der Waals surface area contributed by atoms with Crippen molar-refractivity contribution in [1.29, 1.82) is 0 Å². The van der Waals surface area contributed by atoms with Crippen molar-refractivity contribution < 1.29 is 0 Å². The lowest BCUT2D eigenvalue weighted by molar-refractivity contribution is 0.852. The fourth-order valence-corrected chi connectivity index (χ4v) is 2.31. The summed E-state index contributed by atoms with van der Waals surface area (Å²) < 4.78 is 0. The van der Waals surface area contributed by atoms with Crippen LogP contribution < -0.4 is 10.6 Å². The zero-order valence-corrected chi connectivity index (χ0v) is 12.6. The van der Waals surface area contributed by atoms with Crippen LogP contribution in [-0.4, -0.2) is 25.6 Å². The zero-order chi connectivity index (χ0) is 14.9. The van der Waals surface area contributed by atoms with E-state index in [1.54, 1.807) is 0 Å². The number of aliphatic imine (C=N–C) groups is 1. The Morgan fingerprint density at radius 1 is 1.14 bits per heavy atom. The van der Waals surface area contributed by atoms with Gasteiger partial charge in [0.15, 0.2) is 5.96 Å². The molecule has 0 unspecified atom stereocenters. The van der Waals surface area contributed by atoms with Crippen molar-refractivity contribution in [1.82, 2.24) is 10.6 Å². The Kier molecular flexibility index (Phi) is 5.83. The van der Waals surface area contributed by atoms with E-state index in [0.29, 0.717) is 0 Å². The van der Waals surface area contributed by atoms with Crippen molar-refractivity contribution in [3.63, 3.8) is 0 Å². The van der Waals surface area contributed by atoms with E-state index in [4.69, 9.17) is 0 Å². The minimum atomic E-state index is 0.722. The molecule has 2 rings (SSSR count). The van der Waals surface area contributed by atoms with Crippen LogP contribution in [-0.2, 0) is 6.42 Å². The van der Waals surface area contributed by atoms with E-state index >= 15 is 0 Å². The van der Waals surface area contributed by atoms with E-state index in [-0.39, 0.29) is 0 Å². The van der Waals surface area contributed by atoms with E-state index in [0.717, 1.165) is 32.0 Å². The van der Waals surface area contributed by atoms with E-state index in [1.807, 2.05) is 6.08 Å². The van der Waals surface area contributed by atoms with E-state index < -0.39 is 0 Å². The van der Waals surface area contributed by atoms with Crippen LogP contribution in [0.2, 0.25) is 0 Å². The van der Waals surface area contributed by atoms with Crippen LogP contribution in [0.5, 0.6) is 0 Å². The maximum Gasteiger partial charge on any atom is 0.191 e. The van der Waals surface area contributed by atoms with Crippen LogP contribution in [0.25, 0.3) is 10.8 Å². The molecule has 0 aliphatic rings. The van der Waals surface area contributed by atoms with Gasteiger partial charge >= 0.3 is 0 Å². The summed E-state index contributed by atoms with van der Waals surface area (Å²) in [4.78, 5) is 4.60. The SMILES string of the molecule is C=CCNC(=NCCc1cccc2ccccc12)NCC. The molecule has 2 N–H and O–H groups in total. The summed E-state index contributed by atoms with van der Waals surface area (Å²) >= 11 is 0. The highest BCUT2D eigenvalue weighted by Crippen LogP contribution is 2.18. The Labute approximate surface area is 126 Å². The first-order valence-electron chi connectivity index (χ1n) is 7.45. The Balaban J connectivity index is 2.04. The first-order chi connectivity index (χ1) is 10.3. The summed E-state index contributed by atoms with van der Waals surface area (Å²) in [5, 5.41) is 9.05. The molecular formula is C18H23N3. The van der Waals surface area contributed by atoms with Gasteiger partial charge in [-0.3, -0.25) is 4.99 Å². The largest absolute Gasteiger partial charge is 0.357 e. The number of fused-ring (bicyclic) bond motifs is 1. The molecular weight excluding hydrogens is 258 g/mol. The molecule has 0 atom stereocenters. The van der Waals surface area contributed by atoms with Gasteiger partial charge in [-0.15, -0.1) is 6.58 Å². The minimum Gasteiger partial charge on any atom is -0.357 e. The molecule has 0 aliphatic carbocycles. The number of hydrogen-bond donors (Lipinski definition) is 2. The molecule has 110 valence electrons. The smallest absolute Gasteiger partial charge is 0.191 e. The average Bonchev–Trinajstić information content (AvgIpc) is 2.53. The van der Waals surface area contributed by atoms with Crippen LogP contribution in [0.15, 0.2) is 60.1 Å². The fourth-order valence-electron chi connectivity index (χ4n) is 2.31. The van der Waals surface area contributed by atoms with Gasteiger partial charge in [-0.05, 0) is 29.7 Å². The Morgan fingerprint density at radius 2 is 1.95 bits per heavy atom. The molecule has 0 aliphatic heterocycles. The quantitative estimate of drug-likeness (QED) is 0.485. The number of nitrogens with one attached hydrogen (secondary N) is 2. The van der Waals surface area contributed by atoms with Gasteiger partial charge < -0.3 is 10.6 Å². The van der Waals surface area contributed by atoms with Crippen molar-refractivity contribution in [3.05, 3.63) is 60.7 Å². The highest BCUT2D eigenvalue weighted by Gasteiger charge is 2.00. The maximum absolute atomic E-state index is 4.60. The minimum absolute atomic E-state index is 0.722. The second-order valence-corrected chi connectivity index (χ2v) is 4.82. The van der Waals surface area contributed by atoms with Crippen LogP contribution >= 0.6 is 0 Å². The number of benzene rings is 2. The third-order valence-corrected chi connectivity index (χ3v) is 3.29. The highest BCUT2D eigenvalue weighted by molar-refractivity contribution is 5.85. The van der Waals surface area contributed by atoms with E-state index in [9.17, 15) is 0 Å². The second kappa shape index (κ2) is 8.10. The predicted molar refractivity (Wildman–Crippen MR) is 91.8 cm³/mol. The molecule has 3 heteroatoms. The molecule has 0 saturated heterocycles. The first-order valence-corrected chi connectivity index (χ1v) is 7.45. The lowest BCUT2D eigenvalue weighted by atomic mass is 10.0. The van der Waals surface area contributed by atoms with Crippen molar-refractivity contribution in [2.24, 2.45) is 4.99 Å². The van der Waals surface area contributed by atoms with Crippen molar-refractivity contribution >= 4 is 16.7 Å². The van der Waals surface area contributed by atoms with E-state index in [1.165, 1.54) is 16.3 Å². The maximum atomic E-state index is 4.60. The van der Waals surface area contributed by atoms with Gasteiger partial charge in [0.2, 0.25) is 0 Å². The molecule has 0 fully saturated rings. The molecule has 0 spiro atoms. The number of nitrogens with zero attached hydrogens (tertiary/aromatic N) is 1. The van der Waals surface area contributed by atoms with Crippen molar-refractivity contribution in [3.8, 4) is 0 Å². The molecule has 0 amide bonds. The van der Waals surface area contributed by atoms with Gasteiger partial charge in [-0.2, -0.15) is 0 Å². The predicted octanol–water partition coefficient (Wildman–Crippen LogP) is 3.12. The molecule has 0 heterocycles. The zero-order valence-electron chi connectivity index (χ0n) is 12.6. The highest BCUT2D eigenvalue weighted by atomic mass is 15.2. The van der Waals surface area contributed by atoms with Gasteiger partial charge in [0.1, 0.15) is 0 Å². The summed E-state index contributed by atoms with van der Waals surface area (Å²) in [6, 6.07) is 14.9. The molecule has 3 nitrogen and oxygen atoms in total. The third kappa shape index (κ3) is 4.35. The molecule has 2 aromatic rings. The van der Waals surface area contributed by atoms with Crippen molar-refractivity contribution in [2.45, 2.75) is 13.3 Å². The van der Waals surface area contributed by atoms with Crippen LogP contribution in [0.4, 0.5) is 0 Å². The van der Waals surface area contributed by atoms with Crippen LogP contribution in [0.3, 0.4) is 0 Å². The lowest BCUT2D eigenvalue weighted by Gasteiger charge is -2.10. The molecule has 0 aromatic heterocycles. The van der Waals surface area contributed by atoms with Crippen molar-refractivity contribution in [2.75, 3.05) is 19.6 Å². The van der Waals surface area contributed by atoms with Gasteiger partial charge in [0, 0.05) is 19.6 Å². The molecule has 0 saturated carbocycles. The summed E-state index contributed by atoms with van der Waals surface area (Å²) in [5.74, 6) is 0.845. The average molecular weight is 281 g/mol. The van der Waals surface area contributed by atoms with Gasteiger partial charge in [0.25, 0.3) is 0 Å². The Bertz CT molecular complexity index is 611. The van der Waals surface area contributed by atoms with Crippen LogP contribution in [0, 0.1) is 0 Å². The van der Waals surface area contributed by atoms with E-state index in [2.05, 4.69) is 71.6 Å². The monoisotopic (exact) mass is 281 g/mol. The summed E-state index contributed by atoms with van der Waals surface area (Å²) in [6.45, 7) is 8.12. The summed E-state index contributed by atoms with van der Waals surface area (Å²) in [5.41, 5.74) is 1.34. The molecule has 0 radical (unpaired) electrons. The Morgan fingerprint density at radius 3 is 2.76 bits per heavy atom. The normalized spacial score (nSPS) is 11.4. The van der Waals surface area contributed by atoms with Gasteiger partial charge in [0.05, 0.1) is 0 Å². The number of rotatable bonds is 6. The summed E-state index contributed by atoms with van der Waals surface area (Å²) in [7, 11) is 0. The first kappa shape index (κ1) is 15.1. The van der Waals surface area contributed by atoms with Crippen LogP contribution in [0.1, 0.15) is 12.5 Å². The lowest BCUT2D eigenvalue weighted by Crippen LogP contribution is -2.37. The topological polar surface area (TPSA) is 36.4 Å². The van der Waals surface area contributed by atoms with Gasteiger partial charge in [-0.1, -0.05) is 48.5 Å². The summed E-state index contributed by atoms with van der Waals surface area (Å²) in [6.07, 6.45) is 2.77. The number of guanidine groups is 1. The second-order valence-electron chi connectivity index (χ2n) is 4.82. The van der Waals surface area contributed by atoms with Gasteiger partial charge in [-0.25, -0.2) is 0 Å². The third-order valence-electron chi connectivity index (χ3n) is 3.29. The number of hydrogen-bond acceptors (Lipinski definition) is 1. The molecule has 0 bridgehead atoms.